The molecule has 22 heavy (non-hydrogen) atoms. The van der Waals surface area contributed by atoms with Crippen LogP contribution in [0.15, 0.2) is 30.3 Å². The number of likely N-dealkylation sites (N-methyl/N-ethyl adjacent to an activating group) is 1. The topological polar surface area (TPSA) is 50.5 Å². The molecule has 0 atom stereocenters. The Morgan fingerprint density at radius 1 is 1.23 bits per heavy atom. The van der Waals surface area contributed by atoms with E-state index in [9.17, 15) is 0 Å². The minimum atomic E-state index is 0.113. The normalized spacial score (nSPS) is 11.1. The van der Waals surface area contributed by atoms with Gasteiger partial charge in [0.25, 0.3) is 0 Å². The van der Waals surface area contributed by atoms with Gasteiger partial charge in [0, 0.05) is 24.3 Å². The Bertz CT molecular complexity index is 581. The highest BCUT2D eigenvalue weighted by Gasteiger charge is 2.13. The standard InChI is InChI=1S/C17H25N3O2/c1-14-17(15(2)20(18-14)9-11-21)13-19(3)10-12-22-16-7-5-4-6-8-16/h4-8,21H,9-13H2,1-3H3. The number of para-hydroxylation sites is 1. The molecule has 1 aromatic carbocycles. The van der Waals surface area contributed by atoms with E-state index in [1.807, 2.05) is 41.9 Å². The second-order valence-electron chi connectivity index (χ2n) is 5.50. The zero-order valence-electron chi connectivity index (χ0n) is 13.6. The molecule has 2 rings (SSSR count). The van der Waals surface area contributed by atoms with Crippen LogP contribution in [0.1, 0.15) is 17.0 Å². The fraction of sp³-hybridized carbons (Fsp3) is 0.471. The molecule has 0 aliphatic carbocycles. The maximum Gasteiger partial charge on any atom is 0.119 e. The second kappa shape index (κ2) is 7.96. The van der Waals surface area contributed by atoms with Crippen LogP contribution in [0.25, 0.3) is 0 Å². The summed E-state index contributed by atoms with van der Waals surface area (Å²) in [5, 5.41) is 13.5. The molecule has 5 nitrogen and oxygen atoms in total. The van der Waals surface area contributed by atoms with Crippen LogP contribution < -0.4 is 4.74 Å². The van der Waals surface area contributed by atoms with Gasteiger partial charge in [-0.25, -0.2) is 0 Å². The molecule has 0 spiro atoms. The van der Waals surface area contributed by atoms with E-state index in [1.54, 1.807) is 0 Å². The third-order valence-electron chi connectivity index (χ3n) is 3.76. The molecule has 120 valence electrons. The van der Waals surface area contributed by atoms with Crippen molar-refractivity contribution in [3.8, 4) is 5.75 Å². The number of rotatable bonds is 8. The third kappa shape index (κ3) is 4.32. The molecule has 1 aromatic heterocycles. The lowest BCUT2D eigenvalue weighted by Crippen LogP contribution is -2.24. The first-order chi connectivity index (χ1) is 10.6. The second-order valence-corrected chi connectivity index (χ2v) is 5.50. The van der Waals surface area contributed by atoms with E-state index in [1.165, 1.54) is 5.56 Å². The number of aliphatic hydroxyl groups is 1. The summed E-state index contributed by atoms with van der Waals surface area (Å²) < 4.78 is 7.60. The van der Waals surface area contributed by atoms with Crippen molar-refractivity contribution in [3.63, 3.8) is 0 Å². The summed E-state index contributed by atoms with van der Waals surface area (Å²) in [6, 6.07) is 9.86. The van der Waals surface area contributed by atoms with Crippen molar-refractivity contribution < 1.29 is 9.84 Å². The molecule has 2 aromatic rings. The minimum Gasteiger partial charge on any atom is -0.492 e. The van der Waals surface area contributed by atoms with Gasteiger partial charge in [0.05, 0.1) is 18.8 Å². The average Bonchev–Trinajstić information content (AvgIpc) is 2.76. The van der Waals surface area contributed by atoms with Gasteiger partial charge in [-0.15, -0.1) is 0 Å². The number of nitrogens with zero attached hydrogens (tertiary/aromatic N) is 3. The summed E-state index contributed by atoms with van der Waals surface area (Å²) in [5.41, 5.74) is 3.39. The van der Waals surface area contributed by atoms with Crippen molar-refractivity contribution in [1.82, 2.24) is 14.7 Å². The van der Waals surface area contributed by atoms with Gasteiger partial charge in [0.1, 0.15) is 12.4 Å². The Kier molecular flexibility index (Phi) is 5.98. The van der Waals surface area contributed by atoms with Gasteiger partial charge < -0.3 is 9.84 Å². The molecule has 0 radical (unpaired) electrons. The highest BCUT2D eigenvalue weighted by molar-refractivity contribution is 5.24. The fourth-order valence-corrected chi connectivity index (χ4v) is 2.46. The molecule has 1 heterocycles. The van der Waals surface area contributed by atoms with Crippen LogP contribution in [-0.4, -0.2) is 46.6 Å². The lowest BCUT2D eigenvalue weighted by atomic mass is 10.2. The highest BCUT2D eigenvalue weighted by atomic mass is 16.5. The van der Waals surface area contributed by atoms with E-state index in [0.717, 1.165) is 30.2 Å². The Balaban J connectivity index is 1.85. The van der Waals surface area contributed by atoms with Gasteiger partial charge in [0.15, 0.2) is 0 Å². The Labute approximate surface area is 132 Å². The predicted molar refractivity (Wildman–Crippen MR) is 87.1 cm³/mol. The number of aliphatic hydroxyl groups excluding tert-OH is 1. The van der Waals surface area contributed by atoms with Crippen LogP contribution in [0.2, 0.25) is 0 Å². The largest absolute Gasteiger partial charge is 0.492 e. The SMILES string of the molecule is Cc1nn(CCO)c(C)c1CN(C)CCOc1ccccc1. The van der Waals surface area contributed by atoms with E-state index in [2.05, 4.69) is 24.0 Å². The minimum absolute atomic E-state index is 0.113. The Morgan fingerprint density at radius 3 is 2.64 bits per heavy atom. The van der Waals surface area contributed by atoms with Gasteiger partial charge in [-0.3, -0.25) is 9.58 Å². The molecular formula is C17H25N3O2. The number of hydrogen-bond acceptors (Lipinski definition) is 4. The van der Waals surface area contributed by atoms with E-state index in [-0.39, 0.29) is 6.61 Å². The number of benzene rings is 1. The van der Waals surface area contributed by atoms with Crippen LogP contribution in [0.4, 0.5) is 0 Å². The van der Waals surface area contributed by atoms with Crippen LogP contribution in [-0.2, 0) is 13.1 Å². The zero-order chi connectivity index (χ0) is 15.9. The summed E-state index contributed by atoms with van der Waals surface area (Å²) in [4.78, 5) is 2.23. The summed E-state index contributed by atoms with van der Waals surface area (Å²) >= 11 is 0. The van der Waals surface area contributed by atoms with E-state index >= 15 is 0 Å². The monoisotopic (exact) mass is 303 g/mol. The van der Waals surface area contributed by atoms with Gasteiger partial charge >= 0.3 is 0 Å². The van der Waals surface area contributed by atoms with Crippen LogP contribution in [0.3, 0.4) is 0 Å². The summed E-state index contributed by atoms with van der Waals surface area (Å²) in [5.74, 6) is 0.902. The summed E-state index contributed by atoms with van der Waals surface area (Å²) in [6.45, 7) is 7.07. The van der Waals surface area contributed by atoms with E-state index < -0.39 is 0 Å². The van der Waals surface area contributed by atoms with Crippen molar-refractivity contribution in [2.45, 2.75) is 26.9 Å². The maximum atomic E-state index is 9.06. The lowest BCUT2D eigenvalue weighted by Gasteiger charge is -2.17. The lowest BCUT2D eigenvalue weighted by molar-refractivity contribution is 0.232. The molecule has 0 fully saturated rings. The molecule has 0 saturated heterocycles. The molecule has 1 N–H and O–H groups in total. The van der Waals surface area contributed by atoms with Crippen LogP contribution in [0, 0.1) is 13.8 Å². The first-order valence-corrected chi connectivity index (χ1v) is 7.62. The predicted octanol–water partition coefficient (Wildman–Crippen LogP) is 2.00. The van der Waals surface area contributed by atoms with Crippen molar-refractivity contribution >= 4 is 0 Å². The Morgan fingerprint density at radius 2 is 1.95 bits per heavy atom. The first kappa shape index (κ1) is 16.5. The van der Waals surface area contributed by atoms with Crippen molar-refractivity contribution in [1.29, 1.82) is 0 Å². The third-order valence-corrected chi connectivity index (χ3v) is 3.76. The number of aromatic nitrogens is 2. The summed E-state index contributed by atoms with van der Waals surface area (Å²) in [7, 11) is 2.08. The number of ether oxygens (including phenoxy) is 1. The molecule has 0 saturated carbocycles. The average molecular weight is 303 g/mol. The highest BCUT2D eigenvalue weighted by Crippen LogP contribution is 2.15. The van der Waals surface area contributed by atoms with Gasteiger partial charge in [-0.1, -0.05) is 18.2 Å². The zero-order valence-corrected chi connectivity index (χ0v) is 13.6. The molecule has 5 heteroatoms. The van der Waals surface area contributed by atoms with E-state index in [4.69, 9.17) is 9.84 Å². The molecule has 0 amide bonds. The van der Waals surface area contributed by atoms with Crippen molar-refractivity contribution in [3.05, 3.63) is 47.3 Å². The van der Waals surface area contributed by atoms with Crippen LogP contribution >= 0.6 is 0 Å². The fourth-order valence-electron chi connectivity index (χ4n) is 2.46. The Hall–Kier alpha value is -1.85. The molecular weight excluding hydrogens is 278 g/mol. The van der Waals surface area contributed by atoms with Gasteiger partial charge in [-0.05, 0) is 33.0 Å². The quantitative estimate of drug-likeness (QED) is 0.810. The van der Waals surface area contributed by atoms with E-state index in [0.29, 0.717) is 13.2 Å². The van der Waals surface area contributed by atoms with Crippen LogP contribution in [0.5, 0.6) is 5.75 Å². The first-order valence-electron chi connectivity index (χ1n) is 7.62. The van der Waals surface area contributed by atoms with Gasteiger partial charge in [0.2, 0.25) is 0 Å². The molecule has 0 aliphatic heterocycles. The smallest absolute Gasteiger partial charge is 0.119 e. The maximum absolute atomic E-state index is 9.06. The van der Waals surface area contributed by atoms with Crippen molar-refractivity contribution in [2.24, 2.45) is 0 Å². The molecule has 0 aliphatic rings. The number of aryl methyl sites for hydroxylation is 1. The molecule has 0 unspecified atom stereocenters. The molecule has 0 bridgehead atoms. The summed E-state index contributed by atoms with van der Waals surface area (Å²) in [6.07, 6.45) is 0. The number of hydrogen-bond donors (Lipinski definition) is 1. The van der Waals surface area contributed by atoms with Gasteiger partial charge in [-0.2, -0.15) is 5.10 Å². The van der Waals surface area contributed by atoms with Crippen molar-refractivity contribution in [2.75, 3.05) is 26.8 Å².